The van der Waals surface area contributed by atoms with Gasteiger partial charge in [-0.3, -0.25) is 28.6 Å². The molecule has 0 saturated carbocycles. The molecule has 4 aromatic rings. The zero-order valence-corrected chi connectivity index (χ0v) is 25.8. The largest absolute Gasteiger partial charge is 0.480 e. The van der Waals surface area contributed by atoms with Crippen LogP contribution in [-0.4, -0.2) is 115 Å². The van der Waals surface area contributed by atoms with Crippen molar-refractivity contribution in [3.05, 3.63) is 72.4 Å². The molecule has 5 atom stereocenters. The number of thiol groups is 1. The number of carboxylic acid groups (broad SMARTS) is 1. The van der Waals surface area contributed by atoms with E-state index in [4.69, 9.17) is 22.9 Å². The number of amides is 2. The van der Waals surface area contributed by atoms with Gasteiger partial charge in [-0.2, -0.15) is 12.6 Å². The molecular formula is C27H35N13O6S. The molecule has 0 aliphatic heterocycles. The number of carbonyl (C=O) groups excluding carboxylic acids is 4. The van der Waals surface area contributed by atoms with Crippen LogP contribution in [0.4, 0.5) is 0 Å². The summed E-state index contributed by atoms with van der Waals surface area (Å²) in [6, 6.07) is -7.02. The minimum absolute atomic E-state index is 0.0234. The second-order valence-electron chi connectivity index (χ2n) is 10.7. The fourth-order valence-corrected chi connectivity index (χ4v) is 4.88. The summed E-state index contributed by atoms with van der Waals surface area (Å²) in [5.41, 5.74) is 25.7. The Balaban J connectivity index is 1.70. The van der Waals surface area contributed by atoms with E-state index in [9.17, 15) is 29.1 Å². The van der Waals surface area contributed by atoms with Crippen molar-refractivity contribution in [3.8, 4) is 0 Å². The maximum absolute atomic E-state index is 13.7. The molecule has 4 aromatic heterocycles. The van der Waals surface area contributed by atoms with Gasteiger partial charge in [0, 0.05) is 73.3 Å². The second-order valence-corrected chi connectivity index (χ2v) is 11.0. The van der Waals surface area contributed by atoms with Gasteiger partial charge in [0.1, 0.15) is 6.04 Å². The van der Waals surface area contributed by atoms with E-state index in [1.54, 1.807) is 0 Å². The molecule has 4 heterocycles. The number of H-pyrrole nitrogens is 3. The molecule has 0 aliphatic rings. The molecule has 5 unspecified atom stereocenters. The summed E-state index contributed by atoms with van der Waals surface area (Å²) in [5.74, 6) is -5.73. The van der Waals surface area contributed by atoms with Crippen molar-refractivity contribution >= 4 is 42.1 Å². The van der Waals surface area contributed by atoms with E-state index in [2.05, 4.69) is 47.5 Å². The van der Waals surface area contributed by atoms with Crippen molar-refractivity contribution in [2.45, 2.75) is 55.9 Å². The van der Waals surface area contributed by atoms with Crippen LogP contribution in [-0.2, 0) is 40.1 Å². The highest BCUT2D eigenvalue weighted by molar-refractivity contribution is 7.80. The predicted molar refractivity (Wildman–Crippen MR) is 167 cm³/mol. The van der Waals surface area contributed by atoms with Crippen LogP contribution in [0.15, 0.2) is 43.8 Å². The zero-order chi connectivity index (χ0) is 34.2. The summed E-state index contributed by atoms with van der Waals surface area (Å²) in [6.07, 6.45) is 8.76. The monoisotopic (exact) mass is 669 g/mol. The van der Waals surface area contributed by atoms with Gasteiger partial charge in [-0.1, -0.05) is 0 Å². The van der Waals surface area contributed by atoms with Gasteiger partial charge in [0.15, 0.2) is 5.82 Å². The number of nitrogens with zero attached hydrogens (tertiary/aromatic N) is 6. The second kappa shape index (κ2) is 15.5. The van der Waals surface area contributed by atoms with Crippen LogP contribution < -0.4 is 22.9 Å². The lowest BCUT2D eigenvalue weighted by atomic mass is 10.0. The number of nitrogens with one attached hydrogen (secondary N) is 3. The minimum atomic E-state index is -1.91. The number of imide groups is 1. The molecule has 12 N–H and O–H groups in total. The van der Waals surface area contributed by atoms with Gasteiger partial charge in [-0.25, -0.2) is 24.7 Å². The average molecular weight is 670 g/mol. The van der Waals surface area contributed by atoms with E-state index in [-0.39, 0.29) is 30.7 Å². The highest BCUT2D eigenvalue weighted by Crippen LogP contribution is 2.17. The first kappa shape index (κ1) is 34.8. The molecule has 0 spiro atoms. The van der Waals surface area contributed by atoms with Crippen molar-refractivity contribution in [2.24, 2.45) is 22.9 Å². The van der Waals surface area contributed by atoms with Crippen molar-refractivity contribution in [2.75, 3.05) is 5.75 Å². The molecule has 2 amide bonds. The molecule has 0 radical (unpaired) electrons. The van der Waals surface area contributed by atoms with Crippen LogP contribution in [0.2, 0.25) is 0 Å². The lowest BCUT2D eigenvalue weighted by Gasteiger charge is -2.31. The molecule has 0 fully saturated rings. The quantitative estimate of drug-likeness (QED) is 0.0430. The Kier molecular flexibility index (Phi) is 11.5. The van der Waals surface area contributed by atoms with Gasteiger partial charge in [0.2, 0.25) is 23.5 Å². The molecule has 19 nitrogen and oxygen atoms in total. The fourth-order valence-electron chi connectivity index (χ4n) is 4.72. The highest BCUT2D eigenvalue weighted by atomic mass is 32.1. The molecule has 0 aromatic carbocycles. The van der Waals surface area contributed by atoms with E-state index in [1.165, 1.54) is 37.6 Å². The smallest absolute Gasteiger partial charge is 0.327 e. The number of aromatic nitrogens is 8. The van der Waals surface area contributed by atoms with Gasteiger partial charge >= 0.3 is 5.97 Å². The van der Waals surface area contributed by atoms with Crippen LogP contribution in [0.25, 0.3) is 0 Å². The van der Waals surface area contributed by atoms with Crippen molar-refractivity contribution in [1.29, 1.82) is 0 Å². The first-order valence-corrected chi connectivity index (χ1v) is 14.9. The molecule has 47 heavy (non-hydrogen) atoms. The molecular weight excluding hydrogens is 634 g/mol. The number of aromatic amines is 3. The number of carboxylic acids is 1. The highest BCUT2D eigenvalue weighted by Gasteiger charge is 2.40. The Hall–Kier alpha value is -5.02. The number of nitrogens with two attached hydrogens (primary N) is 4. The van der Waals surface area contributed by atoms with E-state index < -0.39 is 71.9 Å². The Morgan fingerprint density at radius 3 is 1.64 bits per heavy atom. The third kappa shape index (κ3) is 8.42. The number of ketones is 1. The molecule has 0 aliphatic carbocycles. The first-order valence-electron chi connectivity index (χ1n) is 14.2. The standard InChI is InChI=1S/C27H35N13O6S/c28-17(1-13-5-32-10-35-13)24(42)39-8-16(38-23(39)22(41)20(31)9-47)4-21(27(45)46)40(25(43)18(29)2-14-6-33-11-36-14)26(44)19(30)3-15-7-34-12-37-15/h5-8,10-12,17-21,47H,1-4,9,28-31H2,(H,32,35)(H,33,36)(H,34,37)(H,45,46). The third-order valence-electron chi connectivity index (χ3n) is 7.16. The minimum Gasteiger partial charge on any atom is -0.480 e. The summed E-state index contributed by atoms with van der Waals surface area (Å²) in [4.78, 5) is 91.6. The normalized spacial score (nSPS) is 14.6. The zero-order valence-electron chi connectivity index (χ0n) is 24.9. The summed E-state index contributed by atoms with van der Waals surface area (Å²) in [6.45, 7) is 0. The molecule has 0 bridgehead atoms. The number of aliphatic carboxylic acids is 1. The number of carbonyl (C=O) groups is 5. The van der Waals surface area contributed by atoms with Crippen molar-refractivity contribution < 1.29 is 29.1 Å². The number of hydrogen-bond donors (Lipinski definition) is 9. The van der Waals surface area contributed by atoms with Gasteiger partial charge < -0.3 is 43.0 Å². The van der Waals surface area contributed by atoms with Crippen LogP contribution >= 0.6 is 12.6 Å². The van der Waals surface area contributed by atoms with Gasteiger partial charge in [0.25, 0.3) is 0 Å². The maximum atomic E-state index is 13.7. The maximum Gasteiger partial charge on any atom is 0.327 e. The van der Waals surface area contributed by atoms with Crippen LogP contribution in [0, 0.1) is 0 Å². The Labute approximate surface area is 272 Å². The topological polar surface area (TPSA) is 317 Å². The fraction of sp³-hybridized carbons (Fsp3) is 0.370. The number of rotatable bonds is 16. The lowest BCUT2D eigenvalue weighted by molar-refractivity contribution is -0.159. The van der Waals surface area contributed by atoms with Gasteiger partial charge in [0.05, 0.1) is 48.8 Å². The van der Waals surface area contributed by atoms with Crippen molar-refractivity contribution in [3.63, 3.8) is 0 Å². The summed E-state index contributed by atoms with van der Waals surface area (Å²) >= 11 is 4.05. The number of Topliss-reactive ketones (excluding diaryl/α,β-unsaturated/α-hetero) is 1. The summed E-state index contributed by atoms with van der Waals surface area (Å²) in [7, 11) is 0. The molecule has 20 heteroatoms. The molecule has 250 valence electrons. The van der Waals surface area contributed by atoms with Gasteiger partial charge in [-0.15, -0.1) is 0 Å². The van der Waals surface area contributed by atoms with Crippen molar-refractivity contribution in [1.82, 2.24) is 44.4 Å². The van der Waals surface area contributed by atoms with E-state index in [0.29, 0.717) is 22.0 Å². The number of hydrogen-bond acceptors (Lipinski definition) is 14. The lowest BCUT2D eigenvalue weighted by Crippen LogP contribution is -2.59. The Morgan fingerprint density at radius 1 is 0.766 bits per heavy atom. The van der Waals surface area contributed by atoms with Gasteiger partial charge in [-0.05, 0) is 0 Å². The van der Waals surface area contributed by atoms with Crippen LogP contribution in [0.3, 0.4) is 0 Å². The molecule has 4 rings (SSSR count). The average Bonchev–Trinajstić information content (AvgIpc) is 3.88. The predicted octanol–water partition coefficient (Wildman–Crippen LogP) is -2.81. The Morgan fingerprint density at radius 2 is 1.23 bits per heavy atom. The first-order chi connectivity index (χ1) is 22.4. The SMILES string of the molecule is NC(CS)C(=O)c1nc(CC(C(=O)O)N(C(=O)C(N)Cc2cnc[nH]2)C(=O)C(N)Cc2cnc[nH]2)cn1C(=O)C(N)Cc1cnc[nH]1. The number of imidazole rings is 4. The van der Waals surface area contributed by atoms with Crippen LogP contribution in [0.1, 0.15) is 38.2 Å². The molecule has 0 saturated heterocycles. The van der Waals surface area contributed by atoms with E-state index in [0.717, 1.165) is 10.8 Å². The van der Waals surface area contributed by atoms with E-state index >= 15 is 0 Å². The van der Waals surface area contributed by atoms with E-state index in [1.807, 2.05) is 0 Å². The summed E-state index contributed by atoms with van der Waals surface area (Å²) in [5, 5.41) is 10.3. The summed E-state index contributed by atoms with van der Waals surface area (Å²) < 4.78 is 0.878. The third-order valence-corrected chi connectivity index (χ3v) is 7.55. The van der Waals surface area contributed by atoms with Crippen LogP contribution in [0.5, 0.6) is 0 Å². The Bertz CT molecular complexity index is 1620.